The zero-order valence-electron chi connectivity index (χ0n) is 12.8. The molecule has 0 atom stereocenters. The van der Waals surface area contributed by atoms with Crippen molar-refractivity contribution in [1.29, 1.82) is 0 Å². The van der Waals surface area contributed by atoms with Crippen LogP contribution in [0.25, 0.3) is 33.9 Å². The van der Waals surface area contributed by atoms with Gasteiger partial charge < -0.3 is 10.1 Å². The van der Waals surface area contributed by atoms with Gasteiger partial charge in [0.2, 0.25) is 0 Å². The minimum absolute atomic E-state index is 0.220. The monoisotopic (exact) mass is 313 g/mol. The molecule has 4 aromatic rings. The third-order valence-electron chi connectivity index (χ3n) is 3.84. The zero-order valence-corrected chi connectivity index (χ0v) is 12.8. The molecule has 0 bridgehead atoms. The van der Waals surface area contributed by atoms with E-state index in [2.05, 4.69) is 9.97 Å². The number of benzene rings is 2. The van der Waals surface area contributed by atoms with Gasteiger partial charge in [-0.2, -0.15) is 0 Å². The van der Waals surface area contributed by atoms with E-state index in [4.69, 9.17) is 4.98 Å². The summed E-state index contributed by atoms with van der Waals surface area (Å²) in [5, 5.41) is 9.81. The highest BCUT2D eigenvalue weighted by molar-refractivity contribution is 5.81. The Morgan fingerprint density at radius 2 is 1.50 bits per heavy atom. The average Bonchev–Trinajstić information content (AvgIpc) is 3.09. The van der Waals surface area contributed by atoms with Crippen LogP contribution in [-0.2, 0) is 0 Å². The van der Waals surface area contributed by atoms with Crippen molar-refractivity contribution in [3.8, 4) is 39.7 Å². The molecule has 0 saturated heterocycles. The Balaban J connectivity index is 1.92. The summed E-state index contributed by atoms with van der Waals surface area (Å²) in [5.41, 5.74) is 4.58. The fourth-order valence-corrected chi connectivity index (χ4v) is 2.70. The van der Waals surface area contributed by atoms with Gasteiger partial charge in [-0.25, -0.2) is 4.98 Å². The Hall–Kier alpha value is -3.40. The number of aromatic amines is 1. The Labute approximate surface area is 139 Å². The Morgan fingerprint density at radius 3 is 2.25 bits per heavy atom. The molecule has 0 radical (unpaired) electrons. The molecule has 24 heavy (non-hydrogen) atoms. The quantitative estimate of drug-likeness (QED) is 0.585. The summed E-state index contributed by atoms with van der Waals surface area (Å²) in [6, 6.07) is 21.0. The van der Waals surface area contributed by atoms with E-state index in [-0.39, 0.29) is 5.75 Å². The average molecular weight is 313 g/mol. The van der Waals surface area contributed by atoms with E-state index >= 15 is 0 Å². The summed E-state index contributed by atoms with van der Waals surface area (Å²) in [6.45, 7) is 0. The highest BCUT2D eigenvalue weighted by atomic mass is 16.3. The van der Waals surface area contributed by atoms with E-state index < -0.39 is 0 Å². The number of aromatic hydroxyl groups is 1. The number of hydrogen-bond acceptors (Lipinski definition) is 3. The van der Waals surface area contributed by atoms with Crippen molar-refractivity contribution in [2.45, 2.75) is 0 Å². The van der Waals surface area contributed by atoms with E-state index in [0.717, 1.165) is 33.9 Å². The zero-order chi connectivity index (χ0) is 16.4. The van der Waals surface area contributed by atoms with Gasteiger partial charge >= 0.3 is 0 Å². The first-order valence-corrected chi connectivity index (χ1v) is 7.66. The van der Waals surface area contributed by atoms with Crippen LogP contribution in [-0.4, -0.2) is 20.1 Å². The number of imidazole rings is 1. The molecule has 116 valence electrons. The highest BCUT2D eigenvalue weighted by Crippen LogP contribution is 2.33. The molecule has 2 aromatic carbocycles. The van der Waals surface area contributed by atoms with Crippen molar-refractivity contribution >= 4 is 0 Å². The van der Waals surface area contributed by atoms with Gasteiger partial charge in [0.05, 0.1) is 11.4 Å². The summed E-state index contributed by atoms with van der Waals surface area (Å²) in [4.78, 5) is 12.3. The van der Waals surface area contributed by atoms with Crippen LogP contribution in [0.2, 0.25) is 0 Å². The predicted octanol–water partition coefficient (Wildman–Crippen LogP) is 4.51. The molecule has 4 heteroatoms. The van der Waals surface area contributed by atoms with Crippen LogP contribution in [0.1, 0.15) is 0 Å². The number of nitrogens with zero attached hydrogens (tertiary/aromatic N) is 2. The molecular formula is C20H15N3O. The predicted molar refractivity (Wildman–Crippen MR) is 94.4 cm³/mol. The maximum absolute atomic E-state index is 9.81. The molecule has 0 unspecified atom stereocenters. The lowest BCUT2D eigenvalue weighted by Crippen LogP contribution is -1.84. The number of phenolic OH excluding ortho intramolecular Hbond substituents is 1. The number of rotatable bonds is 3. The molecule has 0 aliphatic rings. The molecule has 0 aliphatic heterocycles. The van der Waals surface area contributed by atoms with Crippen LogP contribution in [0.3, 0.4) is 0 Å². The van der Waals surface area contributed by atoms with Crippen LogP contribution >= 0.6 is 0 Å². The molecule has 0 fully saturated rings. The molecule has 0 amide bonds. The smallest absolute Gasteiger partial charge is 0.138 e. The van der Waals surface area contributed by atoms with Crippen LogP contribution < -0.4 is 0 Å². The molecule has 4 nitrogen and oxygen atoms in total. The van der Waals surface area contributed by atoms with Crippen LogP contribution in [0.4, 0.5) is 0 Å². The number of hydrogen-bond donors (Lipinski definition) is 2. The Kier molecular flexibility index (Phi) is 3.56. The Bertz CT molecular complexity index is 963. The second-order valence-corrected chi connectivity index (χ2v) is 5.46. The number of pyridine rings is 1. The van der Waals surface area contributed by atoms with Crippen molar-refractivity contribution in [2.24, 2.45) is 0 Å². The van der Waals surface area contributed by atoms with Gasteiger partial charge in [0.15, 0.2) is 0 Å². The molecule has 2 N–H and O–H groups in total. The molecule has 2 aromatic heterocycles. The number of phenols is 1. The minimum Gasteiger partial charge on any atom is -0.508 e. The SMILES string of the molecule is Oc1cccc(-c2nc(-c3ccccc3)[nH]c2-c2ccncc2)c1. The standard InChI is InChI=1S/C20H15N3O/c24-17-8-4-7-16(13-17)19-18(14-9-11-21-12-10-14)22-20(23-19)15-5-2-1-3-6-15/h1-13,24H,(H,22,23). The fourth-order valence-electron chi connectivity index (χ4n) is 2.70. The van der Waals surface area contributed by atoms with E-state index in [1.807, 2.05) is 54.6 Å². The molecule has 0 saturated carbocycles. The van der Waals surface area contributed by atoms with Crippen molar-refractivity contribution in [3.05, 3.63) is 79.1 Å². The van der Waals surface area contributed by atoms with Crippen LogP contribution in [0.15, 0.2) is 79.1 Å². The van der Waals surface area contributed by atoms with Crippen molar-refractivity contribution in [2.75, 3.05) is 0 Å². The van der Waals surface area contributed by atoms with Crippen molar-refractivity contribution in [3.63, 3.8) is 0 Å². The third-order valence-corrected chi connectivity index (χ3v) is 3.84. The highest BCUT2D eigenvalue weighted by Gasteiger charge is 2.15. The first-order chi connectivity index (χ1) is 11.8. The summed E-state index contributed by atoms with van der Waals surface area (Å²) in [6.07, 6.45) is 3.51. The summed E-state index contributed by atoms with van der Waals surface area (Å²) >= 11 is 0. The maximum atomic E-state index is 9.81. The summed E-state index contributed by atoms with van der Waals surface area (Å²) < 4.78 is 0. The van der Waals surface area contributed by atoms with Gasteiger partial charge in [-0.1, -0.05) is 42.5 Å². The van der Waals surface area contributed by atoms with Crippen molar-refractivity contribution in [1.82, 2.24) is 15.0 Å². The lowest BCUT2D eigenvalue weighted by Gasteiger charge is -2.03. The van der Waals surface area contributed by atoms with E-state index in [9.17, 15) is 5.11 Å². The number of aromatic nitrogens is 3. The third kappa shape index (κ3) is 2.65. The van der Waals surface area contributed by atoms with Gasteiger partial charge in [-0.15, -0.1) is 0 Å². The summed E-state index contributed by atoms with van der Waals surface area (Å²) in [5.74, 6) is 1.01. The van der Waals surface area contributed by atoms with E-state index in [1.165, 1.54) is 0 Å². The second kappa shape index (κ2) is 6.01. The minimum atomic E-state index is 0.220. The fraction of sp³-hybridized carbons (Fsp3) is 0. The van der Waals surface area contributed by atoms with Gasteiger partial charge in [-0.05, 0) is 24.3 Å². The van der Waals surface area contributed by atoms with Gasteiger partial charge in [0.25, 0.3) is 0 Å². The van der Waals surface area contributed by atoms with Crippen molar-refractivity contribution < 1.29 is 5.11 Å². The first-order valence-electron chi connectivity index (χ1n) is 7.66. The largest absolute Gasteiger partial charge is 0.508 e. The maximum Gasteiger partial charge on any atom is 0.138 e. The molecular weight excluding hydrogens is 298 g/mol. The van der Waals surface area contributed by atoms with E-state index in [1.54, 1.807) is 24.5 Å². The topological polar surface area (TPSA) is 61.8 Å². The molecule has 4 rings (SSSR count). The summed E-state index contributed by atoms with van der Waals surface area (Å²) in [7, 11) is 0. The molecule has 0 aliphatic carbocycles. The Morgan fingerprint density at radius 1 is 0.750 bits per heavy atom. The van der Waals surface area contributed by atoms with E-state index in [0.29, 0.717) is 0 Å². The van der Waals surface area contributed by atoms with Gasteiger partial charge in [0.1, 0.15) is 11.6 Å². The number of H-pyrrole nitrogens is 1. The van der Waals surface area contributed by atoms with Crippen LogP contribution in [0, 0.1) is 0 Å². The molecule has 2 heterocycles. The second-order valence-electron chi connectivity index (χ2n) is 5.46. The normalized spacial score (nSPS) is 10.7. The molecule has 0 spiro atoms. The lowest BCUT2D eigenvalue weighted by molar-refractivity contribution is 0.475. The van der Waals surface area contributed by atoms with Gasteiger partial charge in [0, 0.05) is 29.1 Å². The number of nitrogens with one attached hydrogen (secondary N) is 1. The van der Waals surface area contributed by atoms with Crippen LogP contribution in [0.5, 0.6) is 5.75 Å². The van der Waals surface area contributed by atoms with Gasteiger partial charge in [-0.3, -0.25) is 4.98 Å². The lowest BCUT2D eigenvalue weighted by atomic mass is 10.1. The first kappa shape index (κ1) is 14.2.